The zero-order chi connectivity index (χ0) is 13.2. The molecule has 3 aromatic rings. The van der Waals surface area contributed by atoms with E-state index in [-0.39, 0.29) is 15.8 Å². The number of halogens is 2. The smallest absolute Gasteiger partial charge is 1.00 e. The van der Waals surface area contributed by atoms with E-state index in [1.165, 1.54) is 44.7 Å². The number of aromatic nitrogens is 1. The molecular weight excluding hydrogens is 396 g/mol. The Morgan fingerprint density at radius 1 is 0.900 bits per heavy atom. The van der Waals surface area contributed by atoms with Gasteiger partial charge >= 0.3 is 131 Å². The Hall–Kier alpha value is -0.771. The van der Waals surface area contributed by atoms with Gasteiger partial charge in [0, 0.05) is 0 Å². The zero-order valence-corrected chi connectivity index (χ0v) is 15.0. The second-order valence-corrected chi connectivity index (χ2v) is 7.49. The topological polar surface area (TPSA) is 3.88 Å². The molecule has 0 fully saturated rings. The van der Waals surface area contributed by atoms with Gasteiger partial charge in [-0.25, -0.2) is 0 Å². The molecule has 1 unspecified atom stereocenters. The Balaban J connectivity index is 0.00000147. The molecular formula is C16H12Cl2NSn. The Labute approximate surface area is 143 Å². The maximum Gasteiger partial charge on any atom is -1.00 e. The predicted octanol–water partition coefficient (Wildman–Crippen LogP) is 0.526. The van der Waals surface area contributed by atoms with E-state index in [0.717, 1.165) is 0 Å². The Morgan fingerprint density at radius 2 is 1.55 bits per heavy atom. The molecule has 0 amide bonds. The van der Waals surface area contributed by atoms with E-state index >= 15 is 0 Å². The molecule has 0 N–H and O–H groups in total. The fraction of sp³-hybridized carbons (Fsp3) is 0.0625. The van der Waals surface area contributed by atoms with Crippen molar-refractivity contribution in [3.63, 3.8) is 0 Å². The average Bonchev–Trinajstić information content (AvgIpc) is 2.47. The molecule has 99 valence electrons. The second-order valence-electron chi connectivity index (χ2n) is 4.36. The summed E-state index contributed by atoms with van der Waals surface area (Å²) in [4.78, 5) is 0. The van der Waals surface area contributed by atoms with Gasteiger partial charge in [-0.15, -0.1) is 0 Å². The maximum atomic E-state index is 6.31. The van der Waals surface area contributed by atoms with Gasteiger partial charge in [0.1, 0.15) is 0 Å². The van der Waals surface area contributed by atoms with Crippen LogP contribution in [0.2, 0.25) is 0 Å². The number of benzene rings is 2. The van der Waals surface area contributed by atoms with Crippen LogP contribution in [0.5, 0.6) is 0 Å². The first-order chi connectivity index (χ1) is 9.27. The largest absolute Gasteiger partial charge is 1.00 e. The molecule has 0 saturated carbocycles. The minimum atomic E-state index is 0. The second kappa shape index (κ2) is 6.79. The van der Waals surface area contributed by atoms with Gasteiger partial charge in [0.15, 0.2) is 0 Å². The van der Waals surface area contributed by atoms with E-state index in [1.807, 2.05) is 6.07 Å². The average molecular weight is 408 g/mol. The Bertz CT molecular complexity index is 714. The van der Waals surface area contributed by atoms with Crippen LogP contribution in [0.1, 0.15) is 8.96 Å². The molecule has 1 aromatic heterocycles. The number of nitrogens with zero attached hydrogens (tertiary/aromatic N) is 1. The first-order valence-corrected chi connectivity index (χ1v) is 8.20. The van der Waals surface area contributed by atoms with Crippen LogP contribution in [-0.4, -0.2) is 22.5 Å². The van der Waals surface area contributed by atoms with Crippen molar-refractivity contribution in [1.29, 1.82) is 0 Å². The fourth-order valence-electron chi connectivity index (χ4n) is 2.29. The summed E-state index contributed by atoms with van der Waals surface area (Å²) in [6.45, 7) is 0. The van der Waals surface area contributed by atoms with Crippen molar-refractivity contribution in [3.05, 3.63) is 72.4 Å². The van der Waals surface area contributed by atoms with Crippen molar-refractivity contribution in [2.45, 2.75) is 3.39 Å². The van der Waals surface area contributed by atoms with Gasteiger partial charge in [0.25, 0.3) is 0 Å². The van der Waals surface area contributed by atoms with E-state index in [4.69, 9.17) is 11.6 Å². The number of para-hydroxylation sites is 2. The molecule has 0 saturated heterocycles. The van der Waals surface area contributed by atoms with Gasteiger partial charge in [0.2, 0.25) is 0 Å². The summed E-state index contributed by atoms with van der Waals surface area (Å²) in [5, 5.41) is 1.23. The van der Waals surface area contributed by atoms with Crippen molar-refractivity contribution < 1.29 is 17.0 Å². The quantitative estimate of drug-likeness (QED) is 0.331. The first kappa shape index (κ1) is 15.6. The third-order valence-electron chi connectivity index (χ3n) is 3.19. The summed E-state index contributed by atoms with van der Waals surface area (Å²) in [5.41, 5.74) is 3.57. The van der Waals surface area contributed by atoms with Crippen LogP contribution < -0.4 is 17.0 Å². The van der Waals surface area contributed by atoms with Crippen LogP contribution in [0.4, 0.5) is 0 Å². The molecule has 1 atom stereocenters. The molecule has 1 nitrogen and oxygen atoms in total. The van der Waals surface area contributed by atoms with Crippen LogP contribution in [0, 0.1) is 0 Å². The van der Waals surface area contributed by atoms with Crippen LogP contribution >= 0.6 is 11.6 Å². The number of alkyl halides is 1. The summed E-state index contributed by atoms with van der Waals surface area (Å²) in [7, 11) is 0. The number of hydrogen-bond donors (Lipinski definition) is 0. The van der Waals surface area contributed by atoms with Crippen molar-refractivity contribution >= 4 is 45.0 Å². The van der Waals surface area contributed by atoms with Crippen molar-refractivity contribution in [3.8, 4) is 5.69 Å². The fourth-order valence-corrected chi connectivity index (χ4v) is 3.20. The molecule has 1 heterocycles. The summed E-state index contributed by atoms with van der Waals surface area (Å²) in [5.74, 6) is 0. The number of rotatable bonds is 2. The molecule has 0 aliphatic heterocycles. The molecule has 0 aliphatic carbocycles. The third kappa shape index (κ3) is 2.95. The van der Waals surface area contributed by atoms with E-state index in [0.29, 0.717) is 0 Å². The van der Waals surface area contributed by atoms with E-state index in [2.05, 4.69) is 65.4 Å². The van der Waals surface area contributed by atoms with Crippen LogP contribution in [0.3, 0.4) is 0 Å². The molecule has 4 heteroatoms. The minimum Gasteiger partial charge on any atom is -1.00 e. The molecule has 2 aromatic carbocycles. The van der Waals surface area contributed by atoms with Gasteiger partial charge in [-0.1, -0.05) is 0 Å². The maximum absolute atomic E-state index is 6.31. The third-order valence-corrected chi connectivity index (χ3v) is 4.31. The van der Waals surface area contributed by atoms with E-state index in [1.54, 1.807) is 0 Å². The van der Waals surface area contributed by atoms with Gasteiger partial charge in [-0.05, 0) is 0 Å². The van der Waals surface area contributed by atoms with E-state index < -0.39 is 0 Å². The minimum absolute atomic E-state index is 0. The summed E-state index contributed by atoms with van der Waals surface area (Å²) < 4.78 is 2.30. The summed E-state index contributed by atoms with van der Waals surface area (Å²) >= 11 is 7.63. The predicted molar refractivity (Wildman–Crippen MR) is 79.8 cm³/mol. The molecule has 3 radical (unpaired) electrons. The van der Waals surface area contributed by atoms with Gasteiger partial charge in [-0.2, -0.15) is 0 Å². The Kier molecular flexibility index (Phi) is 5.30. The first-order valence-electron chi connectivity index (χ1n) is 6.11. The van der Waals surface area contributed by atoms with Gasteiger partial charge in [0.05, 0.1) is 0 Å². The molecule has 0 bridgehead atoms. The zero-order valence-electron chi connectivity index (χ0n) is 10.6. The molecule has 0 aliphatic rings. The SMILES string of the molecule is Cl[CH]([Sn])c1cc[n+](-c2ccccc2)c2ccccc12.[Cl-]. The summed E-state index contributed by atoms with van der Waals surface area (Å²) in [6, 6.07) is 20.9. The summed E-state index contributed by atoms with van der Waals surface area (Å²) in [6.07, 6.45) is 2.10. The van der Waals surface area contributed by atoms with Crippen molar-refractivity contribution in [2.75, 3.05) is 0 Å². The number of pyridine rings is 1. The van der Waals surface area contributed by atoms with Crippen molar-refractivity contribution in [1.82, 2.24) is 0 Å². The van der Waals surface area contributed by atoms with E-state index in [9.17, 15) is 0 Å². The number of fused-ring (bicyclic) bond motifs is 1. The Morgan fingerprint density at radius 3 is 2.25 bits per heavy atom. The molecule has 20 heavy (non-hydrogen) atoms. The number of hydrogen-bond acceptors (Lipinski definition) is 0. The normalized spacial score (nSPS) is 11.9. The molecule has 3 rings (SSSR count). The van der Waals surface area contributed by atoms with Crippen LogP contribution in [0.15, 0.2) is 66.9 Å². The van der Waals surface area contributed by atoms with Gasteiger partial charge < -0.3 is 12.4 Å². The molecule has 0 spiro atoms. The monoisotopic (exact) mass is 408 g/mol. The standard InChI is InChI=1S/C16H12ClN.ClH.Sn/c17-12-13-10-11-18(14-6-2-1-3-7-14)16-9-5-4-8-15(13)16;;/h1-12H;1H;/q+1;;/p-1. The van der Waals surface area contributed by atoms with Crippen molar-refractivity contribution in [2.24, 2.45) is 0 Å². The van der Waals surface area contributed by atoms with Gasteiger partial charge in [-0.3, -0.25) is 0 Å². The van der Waals surface area contributed by atoms with Crippen LogP contribution in [-0.2, 0) is 0 Å². The van der Waals surface area contributed by atoms with Crippen LogP contribution in [0.25, 0.3) is 16.6 Å².